The number of aryl methyl sites for hydroxylation is 1. The van der Waals surface area contributed by atoms with Crippen molar-refractivity contribution in [2.24, 2.45) is 0 Å². The number of carbonyl (C=O) groups is 1. The molecular weight excluding hydrogens is 342 g/mol. The Morgan fingerprint density at radius 3 is 2.36 bits per heavy atom. The molecule has 8 heteroatoms. The molecule has 140 valence electrons. The molecule has 1 heterocycles. The van der Waals surface area contributed by atoms with Gasteiger partial charge in [0.25, 0.3) is 0 Å². The summed E-state index contributed by atoms with van der Waals surface area (Å²) in [5.41, 5.74) is 1.28. The van der Waals surface area contributed by atoms with Gasteiger partial charge in [-0.25, -0.2) is 8.42 Å². The van der Waals surface area contributed by atoms with E-state index >= 15 is 0 Å². The standard InChI is InChI=1S/C17H27N3O4S/c1-13-6-7-16(24-4)15(12-13)20(25(5,22)23)14(2)17(21)19-10-8-18(3)9-11-19/h6-7,12,14H,8-11H2,1-5H3/t14-/m1/s1. The van der Waals surface area contributed by atoms with E-state index < -0.39 is 16.1 Å². The zero-order chi connectivity index (χ0) is 18.8. The Balaban J connectivity index is 2.38. The van der Waals surface area contributed by atoms with Crippen molar-refractivity contribution >= 4 is 21.6 Å². The van der Waals surface area contributed by atoms with Gasteiger partial charge in [0.2, 0.25) is 15.9 Å². The molecule has 1 aliphatic heterocycles. The first kappa shape index (κ1) is 19.5. The largest absolute Gasteiger partial charge is 0.495 e. The highest BCUT2D eigenvalue weighted by Crippen LogP contribution is 2.33. The van der Waals surface area contributed by atoms with Gasteiger partial charge in [-0.3, -0.25) is 9.10 Å². The molecule has 1 fully saturated rings. The second-order valence-corrected chi connectivity index (χ2v) is 8.40. The summed E-state index contributed by atoms with van der Waals surface area (Å²) in [5, 5.41) is 0. The summed E-state index contributed by atoms with van der Waals surface area (Å²) in [6, 6.07) is 4.45. The minimum atomic E-state index is -3.67. The Kier molecular flexibility index (Phi) is 5.95. The minimum Gasteiger partial charge on any atom is -0.495 e. The van der Waals surface area contributed by atoms with E-state index in [1.165, 1.54) is 11.4 Å². The molecule has 2 rings (SSSR count). The number of ether oxygens (including phenoxy) is 1. The topological polar surface area (TPSA) is 70.2 Å². The quantitative estimate of drug-likeness (QED) is 0.772. The summed E-state index contributed by atoms with van der Waals surface area (Å²) in [5.74, 6) is 0.233. The van der Waals surface area contributed by atoms with Crippen molar-refractivity contribution in [1.82, 2.24) is 9.80 Å². The lowest BCUT2D eigenvalue weighted by atomic mass is 10.1. The van der Waals surface area contributed by atoms with Crippen LogP contribution in [0.1, 0.15) is 12.5 Å². The van der Waals surface area contributed by atoms with Crippen LogP contribution in [-0.4, -0.2) is 76.8 Å². The highest BCUT2D eigenvalue weighted by molar-refractivity contribution is 7.92. The lowest BCUT2D eigenvalue weighted by Gasteiger charge is -2.37. The third-order valence-corrected chi connectivity index (χ3v) is 5.68. The molecule has 25 heavy (non-hydrogen) atoms. The van der Waals surface area contributed by atoms with Crippen LogP contribution in [-0.2, 0) is 14.8 Å². The predicted molar refractivity (Wildman–Crippen MR) is 98.6 cm³/mol. The number of amides is 1. The molecule has 1 amide bonds. The number of carbonyl (C=O) groups excluding carboxylic acids is 1. The summed E-state index contributed by atoms with van der Waals surface area (Å²) in [6.45, 7) is 6.26. The molecule has 0 aliphatic carbocycles. The van der Waals surface area contributed by atoms with E-state index in [2.05, 4.69) is 4.90 Å². The van der Waals surface area contributed by atoms with Crippen LogP contribution in [0.4, 0.5) is 5.69 Å². The van der Waals surface area contributed by atoms with E-state index in [0.29, 0.717) is 24.5 Å². The van der Waals surface area contributed by atoms with Gasteiger partial charge in [0, 0.05) is 26.2 Å². The number of sulfonamides is 1. The number of hydrogen-bond donors (Lipinski definition) is 0. The smallest absolute Gasteiger partial charge is 0.246 e. The maximum atomic E-state index is 12.9. The van der Waals surface area contributed by atoms with Crippen LogP contribution in [0.15, 0.2) is 18.2 Å². The molecule has 0 aromatic heterocycles. The second kappa shape index (κ2) is 7.61. The van der Waals surface area contributed by atoms with Crippen LogP contribution >= 0.6 is 0 Å². The molecule has 0 radical (unpaired) electrons. The molecule has 7 nitrogen and oxygen atoms in total. The fourth-order valence-corrected chi connectivity index (χ4v) is 4.20. The van der Waals surface area contributed by atoms with E-state index in [1.54, 1.807) is 24.0 Å². The van der Waals surface area contributed by atoms with Crippen molar-refractivity contribution in [2.75, 3.05) is 50.9 Å². The van der Waals surface area contributed by atoms with E-state index in [9.17, 15) is 13.2 Å². The van der Waals surface area contributed by atoms with Crippen LogP contribution in [0, 0.1) is 6.92 Å². The predicted octanol–water partition coefficient (Wildman–Crippen LogP) is 0.932. The fraction of sp³-hybridized carbons (Fsp3) is 0.588. The number of likely N-dealkylation sites (N-methyl/N-ethyl adjacent to an activating group) is 1. The van der Waals surface area contributed by atoms with Crippen molar-refractivity contribution in [3.05, 3.63) is 23.8 Å². The molecular formula is C17H27N3O4S. The van der Waals surface area contributed by atoms with Crippen molar-refractivity contribution in [1.29, 1.82) is 0 Å². The van der Waals surface area contributed by atoms with Gasteiger partial charge in [-0.1, -0.05) is 6.07 Å². The number of rotatable bonds is 5. The maximum absolute atomic E-state index is 12.9. The average molecular weight is 369 g/mol. The van der Waals surface area contributed by atoms with Crippen molar-refractivity contribution in [3.63, 3.8) is 0 Å². The summed E-state index contributed by atoms with van der Waals surface area (Å²) in [7, 11) is -0.172. The highest BCUT2D eigenvalue weighted by atomic mass is 32.2. The van der Waals surface area contributed by atoms with Gasteiger partial charge >= 0.3 is 0 Å². The SMILES string of the molecule is COc1ccc(C)cc1N([C@H](C)C(=O)N1CCN(C)CC1)S(C)(=O)=O. The van der Waals surface area contributed by atoms with Crippen LogP contribution < -0.4 is 9.04 Å². The third-order valence-electron chi connectivity index (χ3n) is 4.45. The first-order chi connectivity index (χ1) is 11.6. The van der Waals surface area contributed by atoms with Crippen LogP contribution in [0.5, 0.6) is 5.75 Å². The molecule has 1 aliphatic rings. The summed E-state index contributed by atoms with van der Waals surface area (Å²) >= 11 is 0. The summed E-state index contributed by atoms with van der Waals surface area (Å²) in [4.78, 5) is 16.8. The number of anilines is 1. The van der Waals surface area contributed by atoms with E-state index in [-0.39, 0.29) is 5.91 Å². The van der Waals surface area contributed by atoms with Crippen molar-refractivity contribution < 1.29 is 17.9 Å². The van der Waals surface area contributed by atoms with Gasteiger partial charge < -0.3 is 14.5 Å². The normalized spacial score (nSPS) is 17.2. The monoisotopic (exact) mass is 369 g/mol. The average Bonchev–Trinajstić information content (AvgIpc) is 2.54. The number of methoxy groups -OCH3 is 1. The van der Waals surface area contributed by atoms with Gasteiger partial charge in [-0.15, -0.1) is 0 Å². The molecule has 1 aromatic carbocycles. The Hall–Kier alpha value is -1.80. The molecule has 0 N–H and O–H groups in total. The molecule has 1 atom stereocenters. The van der Waals surface area contributed by atoms with Crippen LogP contribution in [0.2, 0.25) is 0 Å². The molecule has 1 aromatic rings. The van der Waals surface area contributed by atoms with Crippen LogP contribution in [0.3, 0.4) is 0 Å². The first-order valence-corrected chi connectivity index (χ1v) is 10.1. The first-order valence-electron chi connectivity index (χ1n) is 8.26. The lowest BCUT2D eigenvalue weighted by molar-refractivity contribution is -0.133. The Labute approximate surface area is 150 Å². The fourth-order valence-electron chi connectivity index (χ4n) is 3.04. The second-order valence-electron chi connectivity index (χ2n) is 6.54. The molecule has 0 bridgehead atoms. The van der Waals surface area contributed by atoms with Crippen LogP contribution in [0.25, 0.3) is 0 Å². The van der Waals surface area contributed by atoms with Gasteiger partial charge in [0.15, 0.2) is 0 Å². The zero-order valence-electron chi connectivity index (χ0n) is 15.5. The molecule has 0 unspecified atom stereocenters. The lowest BCUT2D eigenvalue weighted by Crippen LogP contribution is -2.54. The van der Waals surface area contributed by atoms with Crippen molar-refractivity contribution in [3.8, 4) is 5.75 Å². The number of nitrogens with zero attached hydrogens (tertiary/aromatic N) is 3. The molecule has 0 saturated carbocycles. The van der Waals surface area contributed by atoms with Gasteiger partial charge in [-0.05, 0) is 38.6 Å². The highest BCUT2D eigenvalue weighted by Gasteiger charge is 2.34. The Morgan fingerprint density at radius 2 is 1.84 bits per heavy atom. The van der Waals surface area contributed by atoms with E-state index in [4.69, 9.17) is 4.74 Å². The van der Waals surface area contributed by atoms with Gasteiger partial charge in [0.05, 0.1) is 19.1 Å². The van der Waals surface area contributed by atoms with Gasteiger partial charge in [-0.2, -0.15) is 0 Å². The van der Waals surface area contributed by atoms with E-state index in [0.717, 1.165) is 24.9 Å². The van der Waals surface area contributed by atoms with Crippen molar-refractivity contribution in [2.45, 2.75) is 19.9 Å². The zero-order valence-corrected chi connectivity index (χ0v) is 16.3. The summed E-state index contributed by atoms with van der Waals surface area (Å²) in [6.07, 6.45) is 1.11. The Morgan fingerprint density at radius 1 is 1.24 bits per heavy atom. The number of piperazine rings is 1. The maximum Gasteiger partial charge on any atom is 0.246 e. The summed E-state index contributed by atoms with van der Waals surface area (Å²) < 4.78 is 31.5. The molecule has 1 saturated heterocycles. The minimum absolute atomic E-state index is 0.193. The molecule has 0 spiro atoms. The van der Waals surface area contributed by atoms with E-state index in [1.807, 2.05) is 20.0 Å². The number of hydrogen-bond acceptors (Lipinski definition) is 5. The van der Waals surface area contributed by atoms with Gasteiger partial charge in [0.1, 0.15) is 11.8 Å². The number of benzene rings is 1. The third kappa shape index (κ3) is 4.43. The Bertz CT molecular complexity index is 727.